The van der Waals surface area contributed by atoms with Crippen molar-refractivity contribution in [3.05, 3.63) is 30.5 Å². The zero-order valence-corrected chi connectivity index (χ0v) is 13.1. The molecule has 0 saturated heterocycles. The van der Waals surface area contributed by atoms with Gasteiger partial charge < -0.3 is 0 Å². The summed E-state index contributed by atoms with van der Waals surface area (Å²) >= 11 is 8.90. The number of benzene rings is 1. The van der Waals surface area contributed by atoms with E-state index in [1.54, 1.807) is 23.5 Å². The molecule has 0 spiro atoms. The third-order valence-electron chi connectivity index (χ3n) is 2.48. The lowest BCUT2D eigenvalue weighted by atomic mass is 10.2. The number of halogens is 1. The van der Waals surface area contributed by atoms with Crippen molar-refractivity contribution in [1.82, 2.24) is 4.98 Å². The fraction of sp³-hybridized carbons (Fsp3) is 0.188. The molecule has 2 rings (SSSR count). The molecular formula is C16H12ClNS2. The normalized spacial score (nSPS) is 9.80. The van der Waals surface area contributed by atoms with E-state index in [1.165, 1.54) is 4.90 Å². The van der Waals surface area contributed by atoms with E-state index in [0.717, 1.165) is 15.8 Å². The van der Waals surface area contributed by atoms with Crippen LogP contribution >= 0.6 is 35.1 Å². The van der Waals surface area contributed by atoms with Crippen LogP contribution in [0.15, 0.2) is 40.3 Å². The summed E-state index contributed by atoms with van der Waals surface area (Å²) in [6.45, 7) is 0. The van der Waals surface area contributed by atoms with Crippen molar-refractivity contribution < 1.29 is 0 Å². The van der Waals surface area contributed by atoms with Crippen molar-refractivity contribution in [2.75, 3.05) is 17.4 Å². The molecule has 0 aliphatic heterocycles. The number of alkyl halides is 1. The van der Waals surface area contributed by atoms with Crippen LogP contribution in [0.5, 0.6) is 0 Å². The smallest absolute Gasteiger partial charge is 0.0835 e. The first-order valence-electron chi connectivity index (χ1n) is 5.95. The zero-order chi connectivity index (χ0) is 14.2. The van der Waals surface area contributed by atoms with E-state index in [-0.39, 0.29) is 0 Å². The fourth-order valence-electron chi connectivity index (χ4n) is 1.68. The molecular weight excluding hydrogens is 306 g/mol. The molecule has 0 atom stereocenters. The second kappa shape index (κ2) is 8.12. The van der Waals surface area contributed by atoms with Crippen molar-refractivity contribution in [1.29, 1.82) is 0 Å². The van der Waals surface area contributed by atoms with Crippen LogP contribution in [0.1, 0.15) is 0 Å². The first-order valence-corrected chi connectivity index (χ1v) is 8.46. The molecule has 0 bridgehead atoms. The van der Waals surface area contributed by atoms with E-state index >= 15 is 0 Å². The highest BCUT2D eigenvalue weighted by molar-refractivity contribution is 8.02. The number of hydrogen-bond donors (Lipinski definition) is 0. The third-order valence-corrected chi connectivity index (χ3v) is 4.70. The Kier molecular flexibility index (Phi) is 6.15. The summed E-state index contributed by atoms with van der Waals surface area (Å²) in [4.78, 5) is 6.78. The number of thioether (sulfide) groups is 2. The molecule has 1 aromatic carbocycles. The Morgan fingerprint density at radius 3 is 2.80 bits per heavy atom. The lowest BCUT2D eigenvalue weighted by Gasteiger charge is -2.09. The molecule has 1 aromatic heterocycles. The van der Waals surface area contributed by atoms with Gasteiger partial charge in [0.15, 0.2) is 0 Å². The Hall–Kier alpha value is -1.26. The van der Waals surface area contributed by atoms with Crippen LogP contribution in [0.3, 0.4) is 0 Å². The summed E-state index contributed by atoms with van der Waals surface area (Å²) < 4.78 is 0. The molecule has 0 saturated carbocycles. The quantitative estimate of drug-likeness (QED) is 0.474. The highest BCUT2D eigenvalue weighted by Gasteiger charge is 2.09. The van der Waals surface area contributed by atoms with Crippen LogP contribution in [0.25, 0.3) is 10.9 Å². The summed E-state index contributed by atoms with van der Waals surface area (Å²) in [6.07, 6.45) is 7.23. The van der Waals surface area contributed by atoms with Gasteiger partial charge in [0.25, 0.3) is 0 Å². The number of para-hydroxylation sites is 1. The van der Waals surface area contributed by atoms with Crippen LogP contribution in [-0.4, -0.2) is 22.4 Å². The highest BCUT2D eigenvalue weighted by Crippen LogP contribution is 2.35. The zero-order valence-electron chi connectivity index (χ0n) is 10.7. The Balaban J connectivity index is 2.36. The summed E-state index contributed by atoms with van der Waals surface area (Å²) in [7, 11) is 0. The van der Waals surface area contributed by atoms with E-state index in [9.17, 15) is 0 Å². The number of pyridine rings is 1. The second-order valence-corrected chi connectivity index (χ2v) is 6.01. The van der Waals surface area contributed by atoms with Gasteiger partial charge in [-0.05, 0) is 6.07 Å². The summed E-state index contributed by atoms with van der Waals surface area (Å²) in [5.74, 6) is 10.3. The monoisotopic (exact) mass is 317 g/mol. The van der Waals surface area contributed by atoms with Crippen LogP contribution in [0, 0.1) is 24.2 Å². The molecule has 0 aliphatic carbocycles. The minimum atomic E-state index is 0.371. The second-order valence-electron chi connectivity index (χ2n) is 3.74. The van der Waals surface area contributed by atoms with Gasteiger partial charge in [0.2, 0.25) is 0 Å². The molecule has 0 unspecified atom stereocenters. The van der Waals surface area contributed by atoms with Crippen molar-refractivity contribution in [2.24, 2.45) is 0 Å². The summed E-state index contributed by atoms with van der Waals surface area (Å²) in [6, 6.07) is 8.11. The largest absolute Gasteiger partial charge is 0.255 e. The lowest BCUT2D eigenvalue weighted by Crippen LogP contribution is -1.88. The Labute approximate surface area is 132 Å². The predicted octanol–water partition coefficient (Wildman–Crippen LogP) is 4.29. The first kappa shape index (κ1) is 15.1. The Morgan fingerprint density at radius 2 is 2.00 bits per heavy atom. The van der Waals surface area contributed by atoms with Gasteiger partial charge in [0.1, 0.15) is 0 Å². The Bertz CT molecular complexity index is 695. The molecule has 1 heterocycles. The van der Waals surface area contributed by atoms with E-state index in [0.29, 0.717) is 17.4 Å². The average molecular weight is 318 g/mol. The Morgan fingerprint density at radius 1 is 1.15 bits per heavy atom. The van der Waals surface area contributed by atoms with Gasteiger partial charge in [-0.25, -0.2) is 0 Å². The number of nitrogens with zero attached hydrogens (tertiary/aromatic N) is 1. The minimum Gasteiger partial charge on any atom is -0.255 e. The number of terminal acetylenes is 1. The fourth-order valence-corrected chi connectivity index (χ4v) is 3.57. The molecule has 0 radical (unpaired) electrons. The number of rotatable bonds is 4. The topological polar surface area (TPSA) is 12.9 Å². The molecule has 100 valence electrons. The summed E-state index contributed by atoms with van der Waals surface area (Å²) in [5, 5.41) is 1.15. The van der Waals surface area contributed by atoms with Crippen LogP contribution in [0.2, 0.25) is 0 Å². The van der Waals surface area contributed by atoms with Crippen LogP contribution in [0.4, 0.5) is 0 Å². The number of aromatic nitrogens is 1. The van der Waals surface area contributed by atoms with E-state index in [4.69, 9.17) is 18.0 Å². The number of fused-ring (bicyclic) bond motifs is 1. The van der Waals surface area contributed by atoms with Crippen LogP contribution in [-0.2, 0) is 0 Å². The molecule has 2 aromatic rings. The molecule has 20 heavy (non-hydrogen) atoms. The molecule has 0 fully saturated rings. The SMILES string of the molecule is C#CCSc1cnc2ccccc2c1SCC#CCCl. The van der Waals surface area contributed by atoms with Crippen molar-refractivity contribution >= 4 is 46.0 Å². The van der Waals surface area contributed by atoms with Gasteiger partial charge in [-0.2, -0.15) is 0 Å². The van der Waals surface area contributed by atoms with Gasteiger partial charge in [-0.1, -0.05) is 36.0 Å². The van der Waals surface area contributed by atoms with Gasteiger partial charge in [0.05, 0.1) is 22.9 Å². The van der Waals surface area contributed by atoms with E-state index in [2.05, 4.69) is 28.8 Å². The molecule has 0 amide bonds. The van der Waals surface area contributed by atoms with Gasteiger partial charge >= 0.3 is 0 Å². The van der Waals surface area contributed by atoms with E-state index in [1.807, 2.05) is 24.4 Å². The van der Waals surface area contributed by atoms with Crippen molar-refractivity contribution in [3.63, 3.8) is 0 Å². The highest BCUT2D eigenvalue weighted by atomic mass is 35.5. The van der Waals surface area contributed by atoms with Crippen molar-refractivity contribution in [2.45, 2.75) is 9.79 Å². The van der Waals surface area contributed by atoms with Crippen molar-refractivity contribution in [3.8, 4) is 24.2 Å². The van der Waals surface area contributed by atoms with Crippen LogP contribution < -0.4 is 0 Å². The molecule has 0 N–H and O–H groups in total. The maximum absolute atomic E-state index is 5.56. The van der Waals surface area contributed by atoms with Gasteiger partial charge in [0, 0.05) is 21.4 Å². The molecule has 4 heteroatoms. The standard InChI is InChI=1S/C16H12ClNS2/c1-2-10-19-15-12-18-14-8-4-3-7-13(14)16(15)20-11-6-5-9-17/h1,3-4,7-8,12H,9-11H2. The maximum Gasteiger partial charge on any atom is 0.0835 e. The van der Waals surface area contributed by atoms with Gasteiger partial charge in [-0.3, -0.25) is 4.98 Å². The lowest BCUT2D eigenvalue weighted by molar-refractivity contribution is 1.20. The molecule has 1 nitrogen and oxygen atoms in total. The van der Waals surface area contributed by atoms with E-state index < -0.39 is 0 Å². The number of hydrogen-bond acceptors (Lipinski definition) is 3. The third kappa shape index (κ3) is 3.87. The first-order chi connectivity index (χ1) is 9.86. The minimum absolute atomic E-state index is 0.371. The summed E-state index contributed by atoms with van der Waals surface area (Å²) in [5.41, 5.74) is 0.991. The predicted molar refractivity (Wildman–Crippen MR) is 90.5 cm³/mol. The molecule has 0 aliphatic rings. The van der Waals surface area contributed by atoms with Gasteiger partial charge in [-0.15, -0.1) is 41.5 Å². The maximum atomic E-state index is 5.56. The average Bonchev–Trinajstić information content (AvgIpc) is 2.50.